The summed E-state index contributed by atoms with van der Waals surface area (Å²) in [5.74, 6) is -0.756. The van der Waals surface area contributed by atoms with Crippen LogP contribution in [-0.4, -0.2) is 36.5 Å². The molecule has 0 fully saturated rings. The van der Waals surface area contributed by atoms with Gasteiger partial charge in [-0.2, -0.15) is 0 Å². The van der Waals surface area contributed by atoms with Gasteiger partial charge < -0.3 is 19.3 Å². The summed E-state index contributed by atoms with van der Waals surface area (Å²) in [6.07, 6.45) is -0.858. The molecule has 0 spiro atoms. The van der Waals surface area contributed by atoms with Crippen LogP contribution in [-0.2, 0) is 32.2 Å². The summed E-state index contributed by atoms with van der Waals surface area (Å²) in [5, 5.41) is 10.5. The number of ether oxygens (including phenoxy) is 3. The molecular weight excluding hydrogens is 320 g/mol. The summed E-state index contributed by atoms with van der Waals surface area (Å²) in [4.78, 5) is 11.9. The number of rotatable bonds is 9. The van der Waals surface area contributed by atoms with Gasteiger partial charge in [-0.3, -0.25) is 0 Å². The Kier molecular flexibility index (Phi) is 7.13. The molecule has 2 aromatic rings. The number of methoxy groups -OCH3 is 1. The van der Waals surface area contributed by atoms with E-state index in [1.54, 1.807) is 0 Å². The predicted molar refractivity (Wildman–Crippen MR) is 93.8 cm³/mol. The van der Waals surface area contributed by atoms with Gasteiger partial charge in [-0.05, 0) is 18.1 Å². The average Bonchev–Trinajstić information content (AvgIpc) is 2.65. The molecule has 0 unspecified atom stereocenters. The summed E-state index contributed by atoms with van der Waals surface area (Å²) >= 11 is 0. The van der Waals surface area contributed by atoms with Crippen LogP contribution in [0, 0.1) is 0 Å². The Balaban J connectivity index is 1.99. The van der Waals surface area contributed by atoms with E-state index < -0.39 is 17.7 Å². The van der Waals surface area contributed by atoms with Crippen molar-refractivity contribution in [3.05, 3.63) is 71.8 Å². The van der Waals surface area contributed by atoms with E-state index in [-0.39, 0.29) is 13.2 Å². The summed E-state index contributed by atoms with van der Waals surface area (Å²) in [7, 11) is 1.23. The Morgan fingerprint density at radius 1 is 1.00 bits per heavy atom. The molecule has 25 heavy (non-hydrogen) atoms. The molecule has 0 bridgehead atoms. The van der Waals surface area contributed by atoms with Crippen LogP contribution in [0.3, 0.4) is 0 Å². The first-order valence-corrected chi connectivity index (χ1v) is 8.12. The third-order valence-corrected chi connectivity index (χ3v) is 3.90. The van der Waals surface area contributed by atoms with E-state index in [2.05, 4.69) is 4.74 Å². The zero-order valence-corrected chi connectivity index (χ0v) is 14.6. The molecule has 0 aliphatic carbocycles. The topological polar surface area (TPSA) is 65.0 Å². The van der Waals surface area contributed by atoms with E-state index in [0.717, 1.165) is 11.1 Å². The normalized spacial score (nSPS) is 14.5. The fraction of sp³-hybridized carbons (Fsp3) is 0.350. The minimum atomic E-state index is -1.81. The highest BCUT2D eigenvalue weighted by Gasteiger charge is 2.41. The number of hydrogen-bond acceptors (Lipinski definition) is 5. The number of carbonyl (C=O) groups excluding carboxylic acids is 1. The SMILES string of the molecule is COC(=O)[C@@](C)(O)[C@H](COCc1ccccc1)OCc1ccccc1. The smallest absolute Gasteiger partial charge is 0.340 e. The highest BCUT2D eigenvalue weighted by molar-refractivity contribution is 5.79. The Hall–Kier alpha value is -2.21. The molecule has 2 aromatic carbocycles. The van der Waals surface area contributed by atoms with E-state index in [9.17, 15) is 9.90 Å². The molecule has 5 nitrogen and oxygen atoms in total. The van der Waals surface area contributed by atoms with Crippen molar-refractivity contribution in [1.29, 1.82) is 0 Å². The van der Waals surface area contributed by atoms with Gasteiger partial charge in [-0.1, -0.05) is 60.7 Å². The fourth-order valence-electron chi connectivity index (χ4n) is 2.34. The van der Waals surface area contributed by atoms with Gasteiger partial charge in [0.25, 0.3) is 0 Å². The molecule has 0 saturated heterocycles. The Labute approximate surface area is 148 Å². The first-order chi connectivity index (χ1) is 12.0. The summed E-state index contributed by atoms with van der Waals surface area (Å²) < 4.78 is 16.1. The summed E-state index contributed by atoms with van der Waals surface area (Å²) in [6.45, 7) is 2.06. The third kappa shape index (κ3) is 5.67. The monoisotopic (exact) mass is 344 g/mol. The lowest BCUT2D eigenvalue weighted by Gasteiger charge is -2.30. The first kappa shape index (κ1) is 19.1. The maximum absolute atomic E-state index is 11.9. The Bertz CT molecular complexity index is 640. The lowest BCUT2D eigenvalue weighted by molar-refractivity contribution is -0.185. The van der Waals surface area contributed by atoms with Crippen molar-refractivity contribution in [3.63, 3.8) is 0 Å². The third-order valence-electron chi connectivity index (χ3n) is 3.90. The molecular formula is C20H24O5. The van der Waals surface area contributed by atoms with Crippen LogP contribution in [0.5, 0.6) is 0 Å². The van der Waals surface area contributed by atoms with Gasteiger partial charge in [0.15, 0.2) is 5.60 Å². The maximum atomic E-state index is 11.9. The number of carbonyl (C=O) groups is 1. The maximum Gasteiger partial charge on any atom is 0.340 e. The van der Waals surface area contributed by atoms with Crippen LogP contribution in [0.15, 0.2) is 60.7 Å². The van der Waals surface area contributed by atoms with Crippen LogP contribution >= 0.6 is 0 Å². The second-order valence-electron chi connectivity index (χ2n) is 5.93. The minimum Gasteiger partial charge on any atom is -0.467 e. The average molecular weight is 344 g/mol. The van der Waals surface area contributed by atoms with Crippen molar-refractivity contribution < 1.29 is 24.1 Å². The number of hydrogen-bond donors (Lipinski definition) is 1. The summed E-state index contributed by atoms with van der Waals surface area (Å²) in [6, 6.07) is 19.2. The number of esters is 1. The largest absolute Gasteiger partial charge is 0.467 e. The Morgan fingerprint density at radius 3 is 2.04 bits per heavy atom. The highest BCUT2D eigenvalue weighted by atomic mass is 16.6. The van der Waals surface area contributed by atoms with Crippen molar-refractivity contribution in [2.75, 3.05) is 13.7 Å². The van der Waals surface area contributed by atoms with E-state index in [0.29, 0.717) is 6.61 Å². The van der Waals surface area contributed by atoms with Crippen molar-refractivity contribution in [1.82, 2.24) is 0 Å². The molecule has 1 N–H and O–H groups in total. The van der Waals surface area contributed by atoms with Gasteiger partial charge in [-0.15, -0.1) is 0 Å². The number of benzene rings is 2. The van der Waals surface area contributed by atoms with E-state index >= 15 is 0 Å². The van der Waals surface area contributed by atoms with Gasteiger partial charge in [-0.25, -0.2) is 4.79 Å². The quantitative estimate of drug-likeness (QED) is 0.709. The van der Waals surface area contributed by atoms with Gasteiger partial charge in [0.2, 0.25) is 0 Å². The van der Waals surface area contributed by atoms with Gasteiger partial charge in [0, 0.05) is 0 Å². The standard InChI is InChI=1S/C20H24O5/c1-20(22,19(21)23-2)18(25-14-17-11-7-4-8-12-17)15-24-13-16-9-5-3-6-10-16/h3-12,18,22H,13-15H2,1-2H3/t18-,20-/m0/s1. The molecule has 134 valence electrons. The molecule has 0 radical (unpaired) electrons. The van der Waals surface area contributed by atoms with Crippen molar-refractivity contribution in [2.45, 2.75) is 31.8 Å². The van der Waals surface area contributed by atoms with Gasteiger partial charge >= 0.3 is 5.97 Å². The molecule has 2 atom stereocenters. The van der Waals surface area contributed by atoms with E-state index in [4.69, 9.17) is 9.47 Å². The van der Waals surface area contributed by atoms with Gasteiger partial charge in [0.1, 0.15) is 6.10 Å². The van der Waals surface area contributed by atoms with Gasteiger partial charge in [0.05, 0.1) is 26.9 Å². The van der Waals surface area contributed by atoms with Crippen molar-refractivity contribution in [2.24, 2.45) is 0 Å². The molecule has 0 heterocycles. The number of aliphatic hydroxyl groups is 1. The molecule has 0 amide bonds. The highest BCUT2D eigenvalue weighted by Crippen LogP contribution is 2.19. The Morgan fingerprint density at radius 2 is 1.52 bits per heavy atom. The van der Waals surface area contributed by atoms with Crippen LogP contribution in [0.1, 0.15) is 18.1 Å². The molecule has 0 aliphatic rings. The van der Waals surface area contributed by atoms with Crippen molar-refractivity contribution in [3.8, 4) is 0 Å². The lowest BCUT2D eigenvalue weighted by atomic mass is 9.99. The molecule has 0 saturated carbocycles. The van der Waals surface area contributed by atoms with Crippen molar-refractivity contribution >= 4 is 5.97 Å². The molecule has 2 rings (SSSR count). The zero-order chi connectivity index (χ0) is 18.1. The molecule has 0 aromatic heterocycles. The van der Waals surface area contributed by atoms with E-state index in [1.165, 1.54) is 14.0 Å². The second-order valence-corrected chi connectivity index (χ2v) is 5.93. The van der Waals surface area contributed by atoms with Crippen LogP contribution in [0.4, 0.5) is 0 Å². The van der Waals surface area contributed by atoms with Crippen LogP contribution in [0.2, 0.25) is 0 Å². The first-order valence-electron chi connectivity index (χ1n) is 8.12. The fourth-order valence-corrected chi connectivity index (χ4v) is 2.34. The summed E-state index contributed by atoms with van der Waals surface area (Å²) in [5.41, 5.74) is 0.137. The lowest BCUT2D eigenvalue weighted by Crippen LogP contribution is -2.51. The van der Waals surface area contributed by atoms with E-state index in [1.807, 2.05) is 60.7 Å². The molecule has 5 heteroatoms. The predicted octanol–water partition coefficient (Wildman–Crippen LogP) is 2.71. The minimum absolute atomic E-state index is 0.0594. The van der Waals surface area contributed by atoms with Crippen LogP contribution in [0.25, 0.3) is 0 Å². The zero-order valence-electron chi connectivity index (χ0n) is 14.6. The van der Waals surface area contributed by atoms with Crippen LogP contribution < -0.4 is 0 Å². The molecule has 0 aliphatic heterocycles. The second kappa shape index (κ2) is 9.32.